The van der Waals surface area contributed by atoms with Crippen molar-refractivity contribution in [2.24, 2.45) is 22.5 Å². The number of aryl methyl sites for hydroxylation is 1. The minimum absolute atomic E-state index is 0.132. The van der Waals surface area contributed by atoms with Crippen LogP contribution in [0.3, 0.4) is 0 Å². The molecular weight excluding hydrogens is 260 g/mol. The van der Waals surface area contributed by atoms with E-state index in [4.69, 9.17) is 5.73 Å². The molecule has 1 aromatic heterocycles. The molecule has 1 aliphatic carbocycles. The molecule has 2 N–H and O–H groups in total. The van der Waals surface area contributed by atoms with Crippen molar-refractivity contribution >= 4 is 17.2 Å². The van der Waals surface area contributed by atoms with Crippen molar-refractivity contribution in [3.8, 4) is 0 Å². The molecule has 1 aliphatic heterocycles. The van der Waals surface area contributed by atoms with Crippen LogP contribution in [0.4, 0.5) is 0 Å². The van der Waals surface area contributed by atoms with Crippen LogP contribution in [0.5, 0.6) is 0 Å². The van der Waals surface area contributed by atoms with Gasteiger partial charge in [-0.05, 0) is 24.7 Å². The van der Waals surface area contributed by atoms with E-state index in [9.17, 15) is 4.79 Å². The Morgan fingerprint density at radius 3 is 2.74 bits per heavy atom. The van der Waals surface area contributed by atoms with Gasteiger partial charge in [-0.2, -0.15) is 0 Å². The van der Waals surface area contributed by atoms with Crippen LogP contribution >= 0.6 is 11.3 Å². The Morgan fingerprint density at radius 1 is 1.53 bits per heavy atom. The lowest BCUT2D eigenvalue weighted by Gasteiger charge is -2.54. The number of carbonyl (C=O) groups is 1. The van der Waals surface area contributed by atoms with Gasteiger partial charge in [-0.15, -0.1) is 21.5 Å². The molecule has 2 heterocycles. The van der Waals surface area contributed by atoms with Crippen LogP contribution in [0.2, 0.25) is 0 Å². The Labute approximate surface area is 117 Å². The van der Waals surface area contributed by atoms with E-state index in [1.54, 1.807) is 11.3 Å². The first-order valence-corrected chi connectivity index (χ1v) is 7.46. The third-order valence-corrected chi connectivity index (χ3v) is 5.57. The van der Waals surface area contributed by atoms with E-state index in [0.717, 1.165) is 36.1 Å². The summed E-state index contributed by atoms with van der Waals surface area (Å²) in [5.74, 6) is 0.249. The summed E-state index contributed by atoms with van der Waals surface area (Å²) >= 11 is 1.62. The number of primary amides is 1. The fourth-order valence-electron chi connectivity index (χ4n) is 4.04. The average molecular weight is 280 g/mol. The van der Waals surface area contributed by atoms with E-state index in [2.05, 4.69) is 28.9 Å². The highest BCUT2D eigenvalue weighted by molar-refractivity contribution is 7.11. The Hall–Kier alpha value is -1.01. The van der Waals surface area contributed by atoms with Crippen LogP contribution < -0.4 is 5.73 Å². The number of carbonyl (C=O) groups excluding carboxylic acids is 1. The molecule has 1 aromatic rings. The normalized spacial score (nSPS) is 32.9. The minimum Gasteiger partial charge on any atom is -0.369 e. The fourth-order valence-corrected chi connectivity index (χ4v) is 4.79. The molecule has 6 heteroatoms. The first-order chi connectivity index (χ1) is 8.83. The highest BCUT2D eigenvalue weighted by Crippen LogP contribution is 2.62. The van der Waals surface area contributed by atoms with Gasteiger partial charge < -0.3 is 5.73 Å². The van der Waals surface area contributed by atoms with Crippen molar-refractivity contribution in [3.05, 3.63) is 10.0 Å². The van der Waals surface area contributed by atoms with Gasteiger partial charge in [-0.1, -0.05) is 13.8 Å². The van der Waals surface area contributed by atoms with Gasteiger partial charge in [0.2, 0.25) is 5.91 Å². The molecule has 1 saturated heterocycles. The maximum Gasteiger partial charge on any atom is 0.225 e. The van der Waals surface area contributed by atoms with Gasteiger partial charge in [0.05, 0.1) is 12.0 Å². The Balaban J connectivity index is 1.76. The molecular formula is C13H20N4OS. The van der Waals surface area contributed by atoms with Gasteiger partial charge in [-0.3, -0.25) is 9.69 Å². The number of hydrogen-bond donors (Lipinski definition) is 1. The van der Waals surface area contributed by atoms with Crippen molar-refractivity contribution in [1.29, 1.82) is 0 Å². The Morgan fingerprint density at radius 2 is 2.26 bits per heavy atom. The van der Waals surface area contributed by atoms with E-state index < -0.39 is 0 Å². The third kappa shape index (κ3) is 1.89. The zero-order valence-corrected chi connectivity index (χ0v) is 12.5. The van der Waals surface area contributed by atoms with Gasteiger partial charge in [-0.25, -0.2) is 0 Å². The van der Waals surface area contributed by atoms with E-state index in [0.29, 0.717) is 5.92 Å². The van der Waals surface area contributed by atoms with Crippen molar-refractivity contribution in [2.45, 2.75) is 33.7 Å². The summed E-state index contributed by atoms with van der Waals surface area (Å²) in [6, 6.07) is 0. The SMILES string of the molecule is Cc1nnc(CN2C[C@@H]3C(C)(C)C[C@]3(C(N)=O)C2)s1. The highest BCUT2D eigenvalue weighted by atomic mass is 32.1. The number of likely N-dealkylation sites (tertiary alicyclic amines) is 1. The van der Waals surface area contributed by atoms with Crippen molar-refractivity contribution in [1.82, 2.24) is 15.1 Å². The zero-order valence-electron chi connectivity index (χ0n) is 11.6. The summed E-state index contributed by atoms with van der Waals surface area (Å²) in [6.45, 7) is 8.93. The zero-order chi connectivity index (χ0) is 13.8. The number of nitrogens with zero attached hydrogens (tertiary/aromatic N) is 3. The smallest absolute Gasteiger partial charge is 0.225 e. The summed E-state index contributed by atoms with van der Waals surface area (Å²) in [5, 5.41) is 10.2. The molecule has 0 unspecified atom stereocenters. The lowest BCUT2D eigenvalue weighted by atomic mass is 9.48. The third-order valence-electron chi connectivity index (χ3n) is 4.75. The predicted octanol–water partition coefficient (Wildman–Crippen LogP) is 1.18. The number of hydrogen-bond acceptors (Lipinski definition) is 5. The topological polar surface area (TPSA) is 72.1 Å². The van der Waals surface area contributed by atoms with Gasteiger partial charge in [0.25, 0.3) is 0 Å². The molecule has 2 atom stereocenters. The molecule has 2 fully saturated rings. The van der Waals surface area contributed by atoms with Gasteiger partial charge in [0.15, 0.2) is 0 Å². The Kier molecular flexibility index (Phi) is 2.73. The molecule has 5 nitrogen and oxygen atoms in total. The van der Waals surface area contributed by atoms with E-state index in [1.165, 1.54) is 0 Å². The van der Waals surface area contributed by atoms with Crippen LogP contribution in [0, 0.1) is 23.7 Å². The summed E-state index contributed by atoms with van der Waals surface area (Å²) in [5.41, 5.74) is 5.58. The van der Waals surface area contributed by atoms with Gasteiger partial charge in [0, 0.05) is 13.1 Å². The number of nitrogens with two attached hydrogens (primary N) is 1. The second kappa shape index (κ2) is 3.99. The van der Waals surface area contributed by atoms with Crippen LogP contribution in [-0.4, -0.2) is 34.1 Å². The molecule has 2 aliphatic rings. The number of fused-ring (bicyclic) bond motifs is 1. The van der Waals surface area contributed by atoms with E-state index in [-0.39, 0.29) is 16.7 Å². The predicted molar refractivity (Wildman–Crippen MR) is 73.4 cm³/mol. The molecule has 1 saturated carbocycles. The largest absolute Gasteiger partial charge is 0.369 e. The molecule has 0 aromatic carbocycles. The fraction of sp³-hybridized carbons (Fsp3) is 0.769. The average Bonchev–Trinajstić information content (AvgIpc) is 2.82. The monoisotopic (exact) mass is 280 g/mol. The summed E-state index contributed by atoms with van der Waals surface area (Å²) in [6.07, 6.45) is 0.908. The Bertz CT molecular complexity index is 526. The molecule has 0 spiro atoms. The van der Waals surface area contributed by atoms with Gasteiger partial charge in [0.1, 0.15) is 10.0 Å². The summed E-state index contributed by atoms with van der Waals surface area (Å²) in [7, 11) is 0. The molecule has 3 rings (SSSR count). The second-order valence-corrected chi connectivity index (χ2v) is 7.89. The van der Waals surface area contributed by atoms with Crippen molar-refractivity contribution in [2.75, 3.05) is 13.1 Å². The van der Waals surface area contributed by atoms with Crippen LogP contribution in [0.25, 0.3) is 0 Å². The summed E-state index contributed by atoms with van der Waals surface area (Å²) in [4.78, 5) is 14.2. The van der Waals surface area contributed by atoms with Crippen LogP contribution in [0.15, 0.2) is 0 Å². The highest BCUT2D eigenvalue weighted by Gasteiger charge is 2.65. The number of aromatic nitrogens is 2. The van der Waals surface area contributed by atoms with Crippen LogP contribution in [-0.2, 0) is 11.3 Å². The van der Waals surface area contributed by atoms with E-state index in [1.807, 2.05) is 6.92 Å². The molecule has 1 amide bonds. The molecule has 0 radical (unpaired) electrons. The van der Waals surface area contributed by atoms with Crippen molar-refractivity contribution < 1.29 is 4.79 Å². The molecule has 19 heavy (non-hydrogen) atoms. The maximum absolute atomic E-state index is 11.8. The lowest BCUT2D eigenvalue weighted by molar-refractivity contribution is -0.148. The number of rotatable bonds is 3. The van der Waals surface area contributed by atoms with Gasteiger partial charge >= 0.3 is 0 Å². The minimum atomic E-state index is -0.302. The first-order valence-electron chi connectivity index (χ1n) is 6.65. The first kappa shape index (κ1) is 13.0. The molecule has 0 bridgehead atoms. The second-order valence-electron chi connectivity index (χ2n) is 6.62. The summed E-state index contributed by atoms with van der Waals surface area (Å²) < 4.78 is 0. The quantitative estimate of drug-likeness (QED) is 0.902. The standard InChI is InChI=1S/C13H20N4OS/c1-8-15-16-10(19-8)5-17-4-9-12(2,3)6-13(9,7-17)11(14)18/h9H,4-7H2,1-3H3,(H2,14,18)/t9-,13+/m1/s1. The maximum atomic E-state index is 11.8. The van der Waals surface area contributed by atoms with Crippen molar-refractivity contribution in [3.63, 3.8) is 0 Å². The van der Waals surface area contributed by atoms with E-state index >= 15 is 0 Å². The number of amides is 1. The molecule has 104 valence electrons. The van der Waals surface area contributed by atoms with Crippen LogP contribution in [0.1, 0.15) is 30.3 Å². The lowest BCUT2D eigenvalue weighted by Crippen LogP contribution is -2.59.